The monoisotopic (exact) mass is 311 g/mol. The molecular formula is C19H21NO3. The zero-order chi connectivity index (χ0) is 16.8. The van der Waals surface area contributed by atoms with Gasteiger partial charge in [-0.1, -0.05) is 48.0 Å². The van der Waals surface area contributed by atoms with Gasteiger partial charge in [0.05, 0.1) is 6.04 Å². The number of carbonyl (C=O) groups is 2. The van der Waals surface area contributed by atoms with Crippen molar-refractivity contribution in [2.45, 2.75) is 32.7 Å². The minimum absolute atomic E-state index is 0.00667. The fourth-order valence-corrected chi connectivity index (χ4v) is 2.58. The lowest BCUT2D eigenvalue weighted by Gasteiger charge is -2.19. The van der Waals surface area contributed by atoms with E-state index in [4.69, 9.17) is 5.11 Å². The van der Waals surface area contributed by atoms with Crippen LogP contribution < -0.4 is 5.32 Å². The molecule has 0 aliphatic rings. The summed E-state index contributed by atoms with van der Waals surface area (Å²) >= 11 is 0. The molecule has 0 bridgehead atoms. The smallest absolute Gasteiger partial charge is 0.303 e. The molecule has 0 saturated carbocycles. The summed E-state index contributed by atoms with van der Waals surface area (Å²) in [6.07, 6.45) is 0.364. The third-order valence-corrected chi connectivity index (χ3v) is 3.78. The molecule has 0 aliphatic carbocycles. The second kappa shape index (κ2) is 7.58. The van der Waals surface area contributed by atoms with Crippen molar-refractivity contribution in [1.82, 2.24) is 5.32 Å². The molecule has 2 rings (SSSR count). The van der Waals surface area contributed by atoms with Gasteiger partial charge in [0.2, 0.25) is 0 Å². The van der Waals surface area contributed by atoms with Crippen molar-refractivity contribution in [2.75, 3.05) is 0 Å². The molecule has 2 aromatic carbocycles. The number of hydrogen-bond donors (Lipinski definition) is 2. The van der Waals surface area contributed by atoms with Crippen LogP contribution in [0.3, 0.4) is 0 Å². The molecule has 0 aliphatic heterocycles. The average Bonchev–Trinajstić information content (AvgIpc) is 2.51. The number of aliphatic carboxylic acids is 1. The number of carboxylic acids is 1. The Bertz CT molecular complexity index is 695. The Hall–Kier alpha value is -2.62. The van der Waals surface area contributed by atoms with E-state index in [0.29, 0.717) is 12.0 Å². The number of carboxylic acid groups (broad SMARTS) is 1. The highest BCUT2D eigenvalue weighted by Crippen LogP contribution is 2.20. The van der Waals surface area contributed by atoms with Gasteiger partial charge in [0, 0.05) is 12.0 Å². The minimum Gasteiger partial charge on any atom is -0.481 e. The van der Waals surface area contributed by atoms with Crippen LogP contribution in [0.1, 0.15) is 45.9 Å². The molecule has 4 heteroatoms. The van der Waals surface area contributed by atoms with E-state index in [1.54, 1.807) is 6.07 Å². The summed E-state index contributed by atoms with van der Waals surface area (Å²) in [5, 5.41) is 11.9. The first-order valence-electron chi connectivity index (χ1n) is 7.62. The van der Waals surface area contributed by atoms with Crippen LogP contribution in [0.5, 0.6) is 0 Å². The Labute approximate surface area is 136 Å². The first-order chi connectivity index (χ1) is 11.0. The normalized spacial score (nSPS) is 11.7. The summed E-state index contributed by atoms with van der Waals surface area (Å²) in [6, 6.07) is 14.8. The number of rotatable bonds is 6. The number of aryl methyl sites for hydroxylation is 2. The Morgan fingerprint density at radius 2 is 1.78 bits per heavy atom. The van der Waals surface area contributed by atoms with Crippen molar-refractivity contribution in [3.05, 3.63) is 70.8 Å². The fourth-order valence-electron chi connectivity index (χ4n) is 2.58. The summed E-state index contributed by atoms with van der Waals surface area (Å²) in [7, 11) is 0. The molecule has 0 fully saturated rings. The Morgan fingerprint density at radius 3 is 2.39 bits per heavy atom. The molecule has 0 heterocycles. The van der Waals surface area contributed by atoms with E-state index in [1.807, 2.05) is 56.3 Å². The molecule has 2 N–H and O–H groups in total. The first kappa shape index (κ1) is 16.7. The van der Waals surface area contributed by atoms with Crippen LogP contribution in [0.15, 0.2) is 48.5 Å². The van der Waals surface area contributed by atoms with E-state index in [0.717, 1.165) is 16.7 Å². The topological polar surface area (TPSA) is 66.4 Å². The second-order valence-electron chi connectivity index (χ2n) is 5.69. The van der Waals surface area contributed by atoms with Gasteiger partial charge in [0.15, 0.2) is 0 Å². The van der Waals surface area contributed by atoms with Crippen LogP contribution in [0.4, 0.5) is 0 Å². The van der Waals surface area contributed by atoms with Crippen molar-refractivity contribution in [1.29, 1.82) is 0 Å². The Morgan fingerprint density at radius 1 is 1.09 bits per heavy atom. The average molecular weight is 311 g/mol. The molecule has 1 unspecified atom stereocenters. The van der Waals surface area contributed by atoms with E-state index < -0.39 is 5.97 Å². The summed E-state index contributed by atoms with van der Waals surface area (Å²) in [6.45, 7) is 3.88. The van der Waals surface area contributed by atoms with Crippen LogP contribution in [0.25, 0.3) is 0 Å². The fraction of sp³-hybridized carbons (Fsp3) is 0.263. The largest absolute Gasteiger partial charge is 0.481 e. The molecule has 4 nitrogen and oxygen atoms in total. The van der Waals surface area contributed by atoms with Crippen LogP contribution in [0, 0.1) is 13.8 Å². The quantitative estimate of drug-likeness (QED) is 0.856. The Kier molecular flexibility index (Phi) is 5.52. The predicted molar refractivity (Wildman–Crippen MR) is 89.4 cm³/mol. The van der Waals surface area contributed by atoms with E-state index in [1.165, 1.54) is 0 Å². The predicted octanol–water partition coefficient (Wildman–Crippen LogP) is 3.64. The minimum atomic E-state index is -0.869. The molecular weight excluding hydrogens is 290 g/mol. The van der Waals surface area contributed by atoms with Crippen LogP contribution in [0.2, 0.25) is 0 Å². The molecule has 120 valence electrons. The third kappa shape index (κ3) is 4.68. The van der Waals surface area contributed by atoms with Gasteiger partial charge in [-0.2, -0.15) is 0 Å². The van der Waals surface area contributed by atoms with Crippen molar-refractivity contribution >= 4 is 11.9 Å². The molecule has 0 aromatic heterocycles. The molecule has 23 heavy (non-hydrogen) atoms. The summed E-state index contributed by atoms with van der Waals surface area (Å²) in [5.41, 5.74) is 3.54. The zero-order valence-corrected chi connectivity index (χ0v) is 13.4. The molecule has 1 atom stereocenters. The van der Waals surface area contributed by atoms with Crippen LogP contribution in [-0.2, 0) is 4.79 Å². The SMILES string of the molecule is Cc1ccc(C(=O)NC(CCC(=O)O)c2ccccc2)c(C)c1. The second-order valence-corrected chi connectivity index (χ2v) is 5.69. The van der Waals surface area contributed by atoms with Gasteiger partial charge < -0.3 is 10.4 Å². The molecule has 0 radical (unpaired) electrons. The summed E-state index contributed by atoms with van der Waals surface area (Å²) in [5.74, 6) is -1.05. The van der Waals surface area contributed by atoms with Gasteiger partial charge in [-0.25, -0.2) is 0 Å². The zero-order valence-electron chi connectivity index (χ0n) is 13.4. The maximum absolute atomic E-state index is 12.5. The molecule has 1 amide bonds. The van der Waals surface area contributed by atoms with Crippen LogP contribution in [-0.4, -0.2) is 17.0 Å². The number of nitrogens with one attached hydrogen (secondary N) is 1. The number of amides is 1. The van der Waals surface area contributed by atoms with E-state index in [9.17, 15) is 9.59 Å². The van der Waals surface area contributed by atoms with Gasteiger partial charge in [-0.3, -0.25) is 9.59 Å². The van der Waals surface area contributed by atoms with E-state index in [2.05, 4.69) is 5.32 Å². The lowest BCUT2D eigenvalue weighted by molar-refractivity contribution is -0.137. The lowest BCUT2D eigenvalue weighted by Crippen LogP contribution is -2.29. The molecule has 0 saturated heterocycles. The Balaban J connectivity index is 2.19. The van der Waals surface area contributed by atoms with Gasteiger partial charge in [0.1, 0.15) is 0 Å². The van der Waals surface area contributed by atoms with Gasteiger partial charge in [-0.05, 0) is 37.5 Å². The highest BCUT2D eigenvalue weighted by atomic mass is 16.4. The van der Waals surface area contributed by atoms with Crippen molar-refractivity contribution < 1.29 is 14.7 Å². The standard InChI is InChI=1S/C19H21NO3/c1-13-8-9-16(14(2)12-13)19(23)20-17(10-11-18(21)22)15-6-4-3-5-7-15/h3-9,12,17H,10-11H2,1-2H3,(H,20,23)(H,21,22). The van der Waals surface area contributed by atoms with Crippen molar-refractivity contribution in [3.63, 3.8) is 0 Å². The number of benzene rings is 2. The molecule has 2 aromatic rings. The highest BCUT2D eigenvalue weighted by Gasteiger charge is 2.18. The van der Waals surface area contributed by atoms with E-state index in [-0.39, 0.29) is 18.4 Å². The third-order valence-electron chi connectivity index (χ3n) is 3.78. The maximum atomic E-state index is 12.5. The van der Waals surface area contributed by atoms with Gasteiger partial charge in [0.25, 0.3) is 5.91 Å². The van der Waals surface area contributed by atoms with Gasteiger partial charge >= 0.3 is 5.97 Å². The molecule has 0 spiro atoms. The number of carbonyl (C=O) groups excluding carboxylic acids is 1. The van der Waals surface area contributed by atoms with Crippen molar-refractivity contribution in [3.8, 4) is 0 Å². The van der Waals surface area contributed by atoms with Crippen molar-refractivity contribution in [2.24, 2.45) is 0 Å². The summed E-state index contributed by atoms with van der Waals surface area (Å²) < 4.78 is 0. The van der Waals surface area contributed by atoms with E-state index >= 15 is 0 Å². The number of hydrogen-bond acceptors (Lipinski definition) is 2. The summed E-state index contributed by atoms with van der Waals surface area (Å²) in [4.78, 5) is 23.4. The highest BCUT2D eigenvalue weighted by molar-refractivity contribution is 5.96. The van der Waals surface area contributed by atoms with Crippen LogP contribution >= 0.6 is 0 Å². The maximum Gasteiger partial charge on any atom is 0.303 e. The lowest BCUT2D eigenvalue weighted by atomic mass is 10.00. The van der Waals surface area contributed by atoms with Gasteiger partial charge in [-0.15, -0.1) is 0 Å². The first-order valence-corrected chi connectivity index (χ1v) is 7.62.